The van der Waals surface area contributed by atoms with Crippen LogP contribution in [0.3, 0.4) is 0 Å². The summed E-state index contributed by atoms with van der Waals surface area (Å²) >= 11 is 0. The minimum Gasteiger partial charge on any atom is -0.368 e. The van der Waals surface area contributed by atoms with E-state index in [0.29, 0.717) is 6.42 Å². The van der Waals surface area contributed by atoms with Gasteiger partial charge in [0.15, 0.2) is 0 Å². The molecule has 5 nitrogen and oxygen atoms in total. The number of amides is 1. The standard InChI is InChI=1S/C13H26N4O/c14-12(13(15)18)5-9-16-8-4-11(10-16)17-6-2-1-3-7-17/h11-12H,1-10,14H2,(H2,15,18). The van der Waals surface area contributed by atoms with Gasteiger partial charge in [-0.25, -0.2) is 0 Å². The molecule has 104 valence electrons. The average molecular weight is 254 g/mol. The fourth-order valence-corrected chi connectivity index (χ4v) is 3.06. The largest absolute Gasteiger partial charge is 0.368 e. The predicted molar refractivity (Wildman–Crippen MR) is 72.1 cm³/mol. The Balaban J connectivity index is 1.69. The molecule has 0 aromatic rings. The predicted octanol–water partition coefficient (Wildman–Crippen LogP) is -0.251. The van der Waals surface area contributed by atoms with Crippen molar-refractivity contribution in [3.63, 3.8) is 0 Å². The van der Waals surface area contributed by atoms with Crippen molar-refractivity contribution in [3.05, 3.63) is 0 Å². The molecule has 5 heteroatoms. The van der Waals surface area contributed by atoms with Gasteiger partial charge in [0.1, 0.15) is 0 Å². The molecule has 2 atom stereocenters. The summed E-state index contributed by atoms with van der Waals surface area (Å²) in [5.74, 6) is -0.387. The molecule has 2 aliphatic rings. The van der Waals surface area contributed by atoms with Crippen LogP contribution in [0.4, 0.5) is 0 Å². The van der Waals surface area contributed by atoms with E-state index in [2.05, 4.69) is 9.80 Å². The topological polar surface area (TPSA) is 75.6 Å². The quantitative estimate of drug-likeness (QED) is 0.709. The van der Waals surface area contributed by atoms with Gasteiger partial charge in [-0.15, -0.1) is 0 Å². The first-order valence-electron chi connectivity index (χ1n) is 7.18. The van der Waals surface area contributed by atoms with Gasteiger partial charge in [-0.3, -0.25) is 9.69 Å². The minimum atomic E-state index is -0.487. The van der Waals surface area contributed by atoms with Gasteiger partial charge in [0.2, 0.25) is 5.91 Å². The lowest BCUT2D eigenvalue weighted by Crippen LogP contribution is -2.42. The van der Waals surface area contributed by atoms with Gasteiger partial charge >= 0.3 is 0 Å². The van der Waals surface area contributed by atoms with E-state index in [9.17, 15) is 4.79 Å². The summed E-state index contributed by atoms with van der Waals surface area (Å²) in [6.45, 7) is 5.69. The van der Waals surface area contributed by atoms with E-state index in [4.69, 9.17) is 11.5 Å². The third kappa shape index (κ3) is 3.67. The first-order chi connectivity index (χ1) is 8.66. The molecule has 0 aliphatic carbocycles. The van der Waals surface area contributed by atoms with Crippen LogP contribution in [0.1, 0.15) is 32.1 Å². The summed E-state index contributed by atoms with van der Waals surface area (Å²) in [6.07, 6.45) is 6.03. The number of carbonyl (C=O) groups excluding carboxylic acids is 1. The number of rotatable bonds is 5. The molecule has 2 unspecified atom stereocenters. The maximum atomic E-state index is 10.9. The molecule has 18 heavy (non-hydrogen) atoms. The third-order valence-corrected chi connectivity index (χ3v) is 4.28. The van der Waals surface area contributed by atoms with E-state index in [1.54, 1.807) is 0 Å². The maximum absolute atomic E-state index is 10.9. The summed E-state index contributed by atoms with van der Waals surface area (Å²) in [5, 5.41) is 0. The SMILES string of the molecule is NC(=O)C(N)CCN1CCC(N2CCCCC2)C1. The van der Waals surface area contributed by atoms with Crippen molar-refractivity contribution in [1.29, 1.82) is 0 Å². The fourth-order valence-electron chi connectivity index (χ4n) is 3.06. The lowest BCUT2D eigenvalue weighted by molar-refractivity contribution is -0.119. The zero-order valence-electron chi connectivity index (χ0n) is 11.2. The van der Waals surface area contributed by atoms with Gasteiger partial charge in [-0.1, -0.05) is 6.42 Å². The van der Waals surface area contributed by atoms with E-state index in [-0.39, 0.29) is 5.91 Å². The molecule has 2 fully saturated rings. The van der Waals surface area contributed by atoms with Crippen molar-refractivity contribution in [1.82, 2.24) is 9.80 Å². The lowest BCUT2D eigenvalue weighted by Gasteiger charge is -2.32. The minimum absolute atomic E-state index is 0.387. The van der Waals surface area contributed by atoms with E-state index < -0.39 is 6.04 Å². The Labute approximate surface area is 109 Å². The molecule has 2 heterocycles. The number of primary amides is 1. The Morgan fingerprint density at radius 2 is 1.94 bits per heavy atom. The summed E-state index contributed by atoms with van der Waals surface area (Å²) < 4.78 is 0. The van der Waals surface area contributed by atoms with Crippen molar-refractivity contribution < 1.29 is 4.79 Å². The van der Waals surface area contributed by atoms with Gasteiger partial charge in [-0.2, -0.15) is 0 Å². The number of hydrogen-bond acceptors (Lipinski definition) is 4. The number of nitrogens with two attached hydrogens (primary N) is 2. The van der Waals surface area contributed by atoms with Crippen molar-refractivity contribution >= 4 is 5.91 Å². The molecule has 4 N–H and O–H groups in total. The van der Waals surface area contributed by atoms with Crippen molar-refractivity contribution in [2.75, 3.05) is 32.7 Å². The molecule has 2 rings (SSSR count). The summed E-state index contributed by atoms with van der Waals surface area (Å²) in [7, 11) is 0. The molecule has 0 aromatic carbocycles. The molecule has 0 bridgehead atoms. The molecule has 0 radical (unpaired) electrons. The number of hydrogen-bond donors (Lipinski definition) is 2. The van der Waals surface area contributed by atoms with Crippen LogP contribution in [-0.2, 0) is 4.79 Å². The van der Waals surface area contributed by atoms with Crippen LogP contribution in [0, 0.1) is 0 Å². The molecule has 2 aliphatic heterocycles. The van der Waals surface area contributed by atoms with Crippen LogP contribution >= 0.6 is 0 Å². The van der Waals surface area contributed by atoms with Crippen LogP contribution < -0.4 is 11.5 Å². The van der Waals surface area contributed by atoms with E-state index in [1.807, 2.05) is 0 Å². The first kappa shape index (κ1) is 13.8. The van der Waals surface area contributed by atoms with E-state index >= 15 is 0 Å². The van der Waals surface area contributed by atoms with Gasteiger partial charge in [0.25, 0.3) is 0 Å². The molecule has 0 saturated carbocycles. The second kappa shape index (κ2) is 6.50. The molecule has 0 spiro atoms. The number of likely N-dealkylation sites (tertiary alicyclic amines) is 2. The van der Waals surface area contributed by atoms with E-state index in [1.165, 1.54) is 38.8 Å². The zero-order valence-corrected chi connectivity index (χ0v) is 11.2. The first-order valence-corrected chi connectivity index (χ1v) is 7.18. The molecule has 0 aromatic heterocycles. The lowest BCUT2D eigenvalue weighted by atomic mass is 10.1. The van der Waals surface area contributed by atoms with Gasteiger partial charge < -0.3 is 16.4 Å². The Morgan fingerprint density at radius 1 is 1.22 bits per heavy atom. The van der Waals surface area contributed by atoms with Gasteiger partial charge in [0, 0.05) is 19.1 Å². The van der Waals surface area contributed by atoms with Crippen LogP contribution in [0.15, 0.2) is 0 Å². The highest BCUT2D eigenvalue weighted by atomic mass is 16.1. The Bertz CT molecular complexity index is 278. The molecule has 2 saturated heterocycles. The normalized spacial score (nSPS) is 28.4. The number of carbonyl (C=O) groups is 1. The molecular formula is C13H26N4O. The number of piperidine rings is 1. The van der Waals surface area contributed by atoms with Crippen molar-refractivity contribution in [2.45, 2.75) is 44.2 Å². The summed E-state index contributed by atoms with van der Waals surface area (Å²) in [4.78, 5) is 15.9. The van der Waals surface area contributed by atoms with Crippen molar-refractivity contribution in [2.24, 2.45) is 11.5 Å². The summed E-state index contributed by atoms with van der Waals surface area (Å²) in [6, 6.07) is 0.231. The van der Waals surface area contributed by atoms with Gasteiger partial charge in [0.05, 0.1) is 6.04 Å². The second-order valence-electron chi connectivity index (χ2n) is 5.64. The third-order valence-electron chi connectivity index (χ3n) is 4.28. The van der Waals surface area contributed by atoms with E-state index in [0.717, 1.165) is 25.7 Å². The Morgan fingerprint density at radius 3 is 2.61 bits per heavy atom. The highest BCUT2D eigenvalue weighted by molar-refractivity contribution is 5.79. The number of nitrogens with zero attached hydrogens (tertiary/aromatic N) is 2. The Hall–Kier alpha value is -0.650. The second-order valence-corrected chi connectivity index (χ2v) is 5.64. The van der Waals surface area contributed by atoms with Crippen LogP contribution in [0.2, 0.25) is 0 Å². The van der Waals surface area contributed by atoms with Crippen LogP contribution in [0.5, 0.6) is 0 Å². The smallest absolute Gasteiger partial charge is 0.234 e. The Kier molecular flexibility index (Phi) is 4.97. The van der Waals surface area contributed by atoms with Crippen LogP contribution in [-0.4, -0.2) is 60.5 Å². The van der Waals surface area contributed by atoms with Crippen molar-refractivity contribution in [3.8, 4) is 0 Å². The zero-order chi connectivity index (χ0) is 13.0. The monoisotopic (exact) mass is 254 g/mol. The molecule has 1 amide bonds. The highest BCUT2D eigenvalue weighted by Crippen LogP contribution is 2.20. The fraction of sp³-hybridized carbons (Fsp3) is 0.923. The van der Waals surface area contributed by atoms with Crippen LogP contribution in [0.25, 0.3) is 0 Å². The average Bonchev–Trinajstić information content (AvgIpc) is 2.85. The highest BCUT2D eigenvalue weighted by Gasteiger charge is 2.28. The maximum Gasteiger partial charge on any atom is 0.234 e. The summed E-state index contributed by atoms with van der Waals surface area (Å²) in [5.41, 5.74) is 10.8. The molecular weight excluding hydrogens is 228 g/mol. The van der Waals surface area contributed by atoms with Gasteiger partial charge in [-0.05, 0) is 45.3 Å².